The smallest absolute Gasteiger partial charge is 0.135 e. The van der Waals surface area contributed by atoms with Gasteiger partial charge in [-0.15, -0.1) is 0 Å². The standard InChI is InChI=1S/C21H25NO3/c1-4-22(5-2)13-18(19(23)14-24-3)15-10-11-17-16-8-6-7-9-20(16)25-21(17)12-15/h4,6-12,18-19,23H,1,5,13-14H2,2-3H3. The van der Waals surface area contributed by atoms with Gasteiger partial charge in [0.1, 0.15) is 11.2 Å². The monoisotopic (exact) mass is 339 g/mol. The molecule has 0 aliphatic heterocycles. The zero-order valence-corrected chi connectivity index (χ0v) is 14.8. The van der Waals surface area contributed by atoms with Crippen LogP contribution in [0.4, 0.5) is 0 Å². The number of aliphatic hydroxyl groups excluding tert-OH is 1. The summed E-state index contributed by atoms with van der Waals surface area (Å²) < 4.78 is 11.2. The molecule has 4 nitrogen and oxygen atoms in total. The number of para-hydroxylation sites is 1. The number of ether oxygens (including phenoxy) is 1. The van der Waals surface area contributed by atoms with Crippen LogP contribution in [0.1, 0.15) is 18.4 Å². The van der Waals surface area contributed by atoms with E-state index in [1.165, 1.54) is 0 Å². The molecule has 0 aliphatic carbocycles. The van der Waals surface area contributed by atoms with E-state index in [1.807, 2.05) is 30.5 Å². The predicted octanol–water partition coefficient (Wildman–Crippen LogP) is 4.14. The number of rotatable bonds is 8. The molecule has 4 heteroatoms. The molecular weight excluding hydrogens is 314 g/mol. The van der Waals surface area contributed by atoms with E-state index in [4.69, 9.17) is 9.15 Å². The third-order valence-corrected chi connectivity index (χ3v) is 4.73. The van der Waals surface area contributed by atoms with Crippen molar-refractivity contribution in [3.05, 3.63) is 60.8 Å². The van der Waals surface area contributed by atoms with Gasteiger partial charge in [-0.3, -0.25) is 0 Å². The van der Waals surface area contributed by atoms with Crippen LogP contribution in [-0.2, 0) is 4.74 Å². The summed E-state index contributed by atoms with van der Waals surface area (Å²) in [6.45, 7) is 7.74. The summed E-state index contributed by atoms with van der Waals surface area (Å²) in [6, 6.07) is 14.2. The number of nitrogens with zero attached hydrogens (tertiary/aromatic N) is 1. The van der Waals surface area contributed by atoms with Crippen LogP contribution in [-0.4, -0.2) is 42.9 Å². The summed E-state index contributed by atoms with van der Waals surface area (Å²) in [5.41, 5.74) is 2.76. The van der Waals surface area contributed by atoms with Gasteiger partial charge < -0.3 is 19.2 Å². The van der Waals surface area contributed by atoms with Crippen molar-refractivity contribution in [2.24, 2.45) is 0 Å². The van der Waals surface area contributed by atoms with Crippen LogP contribution < -0.4 is 0 Å². The average Bonchev–Trinajstić information content (AvgIpc) is 3.00. The van der Waals surface area contributed by atoms with Crippen LogP contribution in [0, 0.1) is 0 Å². The second-order valence-corrected chi connectivity index (χ2v) is 6.25. The van der Waals surface area contributed by atoms with Crippen molar-refractivity contribution in [3.8, 4) is 0 Å². The number of furan rings is 1. The summed E-state index contributed by atoms with van der Waals surface area (Å²) in [7, 11) is 1.60. The molecule has 0 fully saturated rings. The van der Waals surface area contributed by atoms with Crippen molar-refractivity contribution in [1.82, 2.24) is 4.90 Å². The first-order valence-corrected chi connectivity index (χ1v) is 8.62. The molecule has 1 N–H and O–H groups in total. The first-order valence-electron chi connectivity index (χ1n) is 8.62. The van der Waals surface area contributed by atoms with Gasteiger partial charge in [-0.1, -0.05) is 36.9 Å². The van der Waals surface area contributed by atoms with Crippen molar-refractivity contribution in [3.63, 3.8) is 0 Å². The Morgan fingerprint density at radius 1 is 1.20 bits per heavy atom. The molecule has 0 spiro atoms. The van der Waals surface area contributed by atoms with E-state index >= 15 is 0 Å². The predicted molar refractivity (Wildman–Crippen MR) is 102 cm³/mol. The molecular formula is C21H25NO3. The average molecular weight is 339 g/mol. The quantitative estimate of drug-likeness (QED) is 0.670. The molecule has 1 aromatic heterocycles. The van der Waals surface area contributed by atoms with Crippen LogP contribution in [0.25, 0.3) is 21.9 Å². The molecule has 0 radical (unpaired) electrons. The maximum atomic E-state index is 10.6. The van der Waals surface area contributed by atoms with Crippen molar-refractivity contribution in [2.45, 2.75) is 18.9 Å². The van der Waals surface area contributed by atoms with Gasteiger partial charge in [0.25, 0.3) is 0 Å². The molecule has 132 valence electrons. The van der Waals surface area contributed by atoms with Crippen molar-refractivity contribution < 1.29 is 14.3 Å². The fourth-order valence-corrected chi connectivity index (χ4v) is 3.29. The molecule has 2 aromatic carbocycles. The lowest BCUT2D eigenvalue weighted by atomic mass is 9.92. The molecule has 2 unspecified atom stereocenters. The van der Waals surface area contributed by atoms with Gasteiger partial charge in [-0.2, -0.15) is 0 Å². The molecule has 0 aliphatic rings. The second-order valence-electron chi connectivity index (χ2n) is 6.25. The topological polar surface area (TPSA) is 45.8 Å². The maximum absolute atomic E-state index is 10.6. The summed E-state index contributed by atoms with van der Waals surface area (Å²) >= 11 is 0. The fraction of sp³-hybridized carbons (Fsp3) is 0.333. The number of methoxy groups -OCH3 is 1. The van der Waals surface area contributed by atoms with Crippen LogP contribution in [0.5, 0.6) is 0 Å². The third kappa shape index (κ3) is 3.55. The van der Waals surface area contributed by atoms with E-state index in [-0.39, 0.29) is 12.5 Å². The van der Waals surface area contributed by atoms with Gasteiger partial charge in [0.15, 0.2) is 0 Å². The van der Waals surface area contributed by atoms with Gasteiger partial charge in [0, 0.05) is 36.9 Å². The molecule has 25 heavy (non-hydrogen) atoms. The first-order chi connectivity index (χ1) is 12.2. The first kappa shape index (κ1) is 17.5. The Hall–Kier alpha value is -2.30. The summed E-state index contributed by atoms with van der Waals surface area (Å²) in [4.78, 5) is 2.09. The van der Waals surface area contributed by atoms with E-state index in [0.717, 1.165) is 34.0 Å². The second kappa shape index (κ2) is 7.72. The zero-order chi connectivity index (χ0) is 17.8. The molecule has 3 rings (SSSR count). The highest BCUT2D eigenvalue weighted by Crippen LogP contribution is 2.32. The molecule has 0 saturated carbocycles. The van der Waals surface area contributed by atoms with E-state index < -0.39 is 6.10 Å². The molecule has 0 bridgehead atoms. The Morgan fingerprint density at radius 2 is 1.96 bits per heavy atom. The number of likely N-dealkylation sites (N-methyl/N-ethyl adjacent to an activating group) is 1. The highest BCUT2D eigenvalue weighted by atomic mass is 16.5. The van der Waals surface area contributed by atoms with Gasteiger partial charge in [-0.25, -0.2) is 0 Å². The highest BCUT2D eigenvalue weighted by Gasteiger charge is 2.23. The minimum absolute atomic E-state index is 0.0875. The van der Waals surface area contributed by atoms with Gasteiger partial charge in [0.2, 0.25) is 0 Å². The van der Waals surface area contributed by atoms with Crippen LogP contribution in [0.2, 0.25) is 0 Å². The summed E-state index contributed by atoms with van der Waals surface area (Å²) in [5, 5.41) is 12.8. The van der Waals surface area contributed by atoms with E-state index in [9.17, 15) is 5.11 Å². The SMILES string of the molecule is C=CN(CC)CC(c1ccc2c(c1)oc1ccccc12)C(O)COC. The lowest BCUT2D eigenvalue weighted by Gasteiger charge is -2.28. The maximum Gasteiger partial charge on any atom is 0.135 e. The van der Waals surface area contributed by atoms with Gasteiger partial charge in [-0.05, 0) is 30.8 Å². The number of aliphatic hydroxyl groups is 1. The summed E-state index contributed by atoms with van der Waals surface area (Å²) in [6.07, 6.45) is 1.22. The fourth-order valence-electron chi connectivity index (χ4n) is 3.29. The van der Waals surface area contributed by atoms with Crippen molar-refractivity contribution in [2.75, 3.05) is 26.8 Å². The normalized spacial score (nSPS) is 13.9. The highest BCUT2D eigenvalue weighted by molar-refractivity contribution is 6.04. The third-order valence-electron chi connectivity index (χ3n) is 4.73. The number of benzene rings is 2. The minimum atomic E-state index is -0.596. The molecule has 3 aromatic rings. The minimum Gasteiger partial charge on any atom is -0.456 e. The van der Waals surface area contributed by atoms with Gasteiger partial charge >= 0.3 is 0 Å². The molecule has 2 atom stereocenters. The van der Waals surface area contributed by atoms with E-state index in [0.29, 0.717) is 6.54 Å². The summed E-state index contributed by atoms with van der Waals surface area (Å²) in [5.74, 6) is -0.0875. The van der Waals surface area contributed by atoms with Crippen molar-refractivity contribution in [1.29, 1.82) is 0 Å². The molecule has 0 amide bonds. The Morgan fingerprint density at radius 3 is 2.68 bits per heavy atom. The number of hydrogen-bond acceptors (Lipinski definition) is 4. The van der Waals surface area contributed by atoms with E-state index in [1.54, 1.807) is 7.11 Å². The Labute approximate surface area is 148 Å². The molecule has 0 saturated heterocycles. The van der Waals surface area contributed by atoms with Gasteiger partial charge in [0.05, 0.1) is 12.7 Å². The lowest BCUT2D eigenvalue weighted by molar-refractivity contribution is 0.0406. The Balaban J connectivity index is 2.01. The zero-order valence-electron chi connectivity index (χ0n) is 14.8. The Kier molecular flexibility index (Phi) is 5.41. The largest absolute Gasteiger partial charge is 0.456 e. The van der Waals surface area contributed by atoms with E-state index in [2.05, 4.69) is 36.6 Å². The molecule has 1 heterocycles. The lowest BCUT2D eigenvalue weighted by Crippen LogP contribution is -2.33. The van der Waals surface area contributed by atoms with Crippen LogP contribution in [0.15, 0.2) is 59.7 Å². The van der Waals surface area contributed by atoms with Crippen molar-refractivity contribution >= 4 is 21.9 Å². The van der Waals surface area contributed by atoms with Crippen LogP contribution in [0.3, 0.4) is 0 Å². The number of hydrogen-bond donors (Lipinski definition) is 1. The number of fused-ring (bicyclic) bond motifs is 3. The Bertz CT molecular complexity index is 855. The van der Waals surface area contributed by atoms with Crippen LogP contribution >= 0.6 is 0 Å².